The van der Waals surface area contributed by atoms with Crippen LogP contribution in [0.3, 0.4) is 0 Å². The Bertz CT molecular complexity index is 1870. The predicted octanol–water partition coefficient (Wildman–Crippen LogP) is 0.979. The fourth-order valence-electron chi connectivity index (χ4n) is 5.11. The minimum atomic E-state index is -0.215. The third kappa shape index (κ3) is 6.80. The van der Waals surface area contributed by atoms with Gasteiger partial charge in [0.15, 0.2) is 0 Å². The lowest BCUT2D eigenvalue weighted by Crippen LogP contribution is -2.40. The lowest BCUT2D eigenvalue weighted by atomic mass is 10.1. The van der Waals surface area contributed by atoms with Crippen molar-refractivity contribution in [2.24, 2.45) is 11.5 Å². The number of nitrogens with zero attached hydrogens (tertiary/aromatic N) is 3. The molecule has 2 aromatic heterocycles. The van der Waals surface area contributed by atoms with E-state index in [0.717, 1.165) is 5.56 Å². The van der Waals surface area contributed by atoms with Crippen molar-refractivity contribution in [2.45, 2.75) is 19.6 Å². The van der Waals surface area contributed by atoms with Gasteiger partial charge in [-0.3, -0.25) is 18.7 Å². The van der Waals surface area contributed by atoms with Crippen LogP contribution in [0.1, 0.15) is 26.3 Å². The second-order valence-corrected chi connectivity index (χ2v) is 10.3. The number of ether oxygens (including phenoxy) is 1. The molecule has 0 atom stereocenters. The smallest absolute Gasteiger partial charge is 0.326 e. The van der Waals surface area contributed by atoms with Crippen LogP contribution < -0.4 is 28.2 Å². The van der Waals surface area contributed by atoms with Crippen LogP contribution in [0.5, 0.6) is 0 Å². The van der Waals surface area contributed by atoms with Crippen LogP contribution in [0.25, 0.3) is 22.1 Å². The van der Waals surface area contributed by atoms with Crippen LogP contribution in [0, 0.1) is 0 Å². The van der Waals surface area contributed by atoms with Crippen molar-refractivity contribution < 1.29 is 14.3 Å². The van der Waals surface area contributed by atoms with Gasteiger partial charge in [-0.25, -0.2) is 9.59 Å². The molecule has 1 fully saturated rings. The number of H-pyrrole nitrogens is 2. The average molecular weight is 601 g/mol. The Hall–Kier alpha value is -4.98. The molecule has 5 aromatic rings. The molecule has 13 heteroatoms. The summed E-state index contributed by atoms with van der Waals surface area (Å²) < 4.78 is 8.36. The number of amides is 2. The molecule has 0 saturated carbocycles. The number of carbonyl (C=O) groups is 2. The first-order chi connectivity index (χ1) is 21.4. The molecule has 6 rings (SSSR count). The van der Waals surface area contributed by atoms with Gasteiger partial charge in [0, 0.05) is 56.9 Å². The van der Waals surface area contributed by atoms with Crippen molar-refractivity contribution in [1.29, 1.82) is 0 Å². The largest absolute Gasteiger partial charge is 0.378 e. The molecule has 0 bridgehead atoms. The molecule has 3 heterocycles. The number of carbonyl (C=O) groups excluding carboxylic acids is 2. The van der Waals surface area contributed by atoms with E-state index in [1.165, 1.54) is 0 Å². The molecule has 1 aliphatic heterocycles. The first kappa shape index (κ1) is 30.5. The van der Waals surface area contributed by atoms with Crippen molar-refractivity contribution in [3.05, 3.63) is 104 Å². The average Bonchev–Trinajstić information content (AvgIpc) is 3.54. The Morgan fingerprint density at radius 2 is 1.32 bits per heavy atom. The minimum absolute atomic E-state index is 0.0341. The van der Waals surface area contributed by atoms with Gasteiger partial charge < -0.3 is 36.4 Å². The van der Waals surface area contributed by atoms with Crippen molar-refractivity contribution in [3.8, 4) is 0 Å². The Labute approximate surface area is 252 Å². The summed E-state index contributed by atoms with van der Waals surface area (Å²) in [6, 6.07) is 20.1. The first-order valence-electron chi connectivity index (χ1n) is 14.4. The summed E-state index contributed by atoms with van der Waals surface area (Å²) in [5.41, 5.74) is 15.6. The molecule has 0 unspecified atom stereocenters. The molecule has 7 N–H and O–H groups in total. The Morgan fingerprint density at radius 1 is 0.773 bits per heavy atom. The van der Waals surface area contributed by atoms with E-state index in [4.69, 9.17) is 16.2 Å². The summed E-state index contributed by atoms with van der Waals surface area (Å²) in [5, 5.41) is 2.88. The molecule has 1 aliphatic rings. The number of imidazole rings is 2. The Kier molecular flexibility index (Phi) is 9.69. The number of hydrogen-bond acceptors (Lipinski definition) is 7. The second kappa shape index (κ2) is 14.0. The van der Waals surface area contributed by atoms with Crippen LogP contribution in [0.15, 0.2) is 76.3 Å². The normalized spacial score (nSPS) is 13.1. The van der Waals surface area contributed by atoms with E-state index in [9.17, 15) is 19.2 Å². The second-order valence-electron chi connectivity index (χ2n) is 10.3. The molecule has 13 nitrogen and oxygen atoms in total. The lowest BCUT2D eigenvalue weighted by molar-refractivity contribution is 0.0303. The highest BCUT2D eigenvalue weighted by Gasteiger charge is 2.19. The maximum atomic E-state index is 12.5. The summed E-state index contributed by atoms with van der Waals surface area (Å²) >= 11 is 0. The van der Waals surface area contributed by atoms with Gasteiger partial charge >= 0.3 is 11.4 Å². The summed E-state index contributed by atoms with van der Waals surface area (Å²) in [5.74, 6) is -0.211. The predicted molar refractivity (Wildman–Crippen MR) is 168 cm³/mol. The minimum Gasteiger partial charge on any atom is -0.378 e. The number of aromatic nitrogens is 4. The quantitative estimate of drug-likeness (QED) is 0.176. The van der Waals surface area contributed by atoms with E-state index in [0.29, 0.717) is 92.2 Å². The lowest BCUT2D eigenvalue weighted by Gasteiger charge is -2.26. The molecule has 0 aliphatic carbocycles. The fraction of sp³-hybridized carbons (Fsp3) is 0.290. The molecule has 0 radical (unpaired) electrons. The van der Waals surface area contributed by atoms with Crippen LogP contribution >= 0.6 is 0 Å². The number of aromatic amines is 2. The highest BCUT2D eigenvalue weighted by atomic mass is 16.5. The monoisotopic (exact) mass is 600 g/mol. The van der Waals surface area contributed by atoms with Gasteiger partial charge in [0.05, 0.1) is 35.3 Å². The summed E-state index contributed by atoms with van der Waals surface area (Å²) in [6.45, 7) is 4.35. The first-order valence-corrected chi connectivity index (χ1v) is 14.4. The summed E-state index contributed by atoms with van der Waals surface area (Å²) in [7, 11) is 0. The summed E-state index contributed by atoms with van der Waals surface area (Å²) in [6.07, 6.45) is 0. The zero-order chi connectivity index (χ0) is 31.1. The number of nitrogens with two attached hydrogens (primary N) is 2. The zero-order valence-electron chi connectivity index (χ0n) is 24.3. The number of benzene rings is 3. The summed E-state index contributed by atoms with van der Waals surface area (Å²) in [4.78, 5) is 55.8. The van der Waals surface area contributed by atoms with Gasteiger partial charge in [-0.1, -0.05) is 30.3 Å². The van der Waals surface area contributed by atoms with Gasteiger partial charge in [-0.15, -0.1) is 0 Å². The van der Waals surface area contributed by atoms with Gasteiger partial charge in [-0.05, 0) is 42.0 Å². The Morgan fingerprint density at radius 3 is 1.89 bits per heavy atom. The topological polar surface area (TPSA) is 186 Å². The molecular weight excluding hydrogens is 564 g/mol. The standard InChI is InChI=1S/C17H18N4O2.C14H18N4O3/c18-8-9-21-15-10-13(6-7-14(15)20-17(21)23)16(22)19-11-12-4-2-1-3-5-12;15-3-4-18-12-9-10(1-2-11(12)16-14(18)20)13(19)17-5-7-21-8-6-17/h1-7,10H,8-9,11,18H2,(H,19,22)(H,20,23);1-2,9H,3-8,15H2,(H,16,20). The molecular formula is C31H36N8O5. The number of rotatable bonds is 8. The van der Waals surface area contributed by atoms with Gasteiger partial charge in [0.2, 0.25) is 0 Å². The molecule has 3 aromatic carbocycles. The number of morpholine rings is 1. The highest BCUT2D eigenvalue weighted by Crippen LogP contribution is 2.16. The van der Waals surface area contributed by atoms with Gasteiger partial charge in [-0.2, -0.15) is 0 Å². The molecule has 230 valence electrons. The van der Waals surface area contributed by atoms with Gasteiger partial charge in [0.1, 0.15) is 0 Å². The van der Waals surface area contributed by atoms with Crippen molar-refractivity contribution in [3.63, 3.8) is 0 Å². The fourth-order valence-corrected chi connectivity index (χ4v) is 5.11. The SMILES string of the molecule is NCCn1c(=O)[nH]c2ccc(C(=O)N3CCOCC3)cc21.NCCn1c(=O)[nH]c2ccc(C(=O)NCc3ccccc3)cc21. The van der Waals surface area contributed by atoms with Gasteiger partial charge in [0.25, 0.3) is 11.8 Å². The van der Waals surface area contributed by atoms with E-state index in [1.807, 2.05) is 30.3 Å². The Balaban J connectivity index is 0.000000175. The number of nitrogens with one attached hydrogen (secondary N) is 3. The van der Waals surface area contributed by atoms with E-state index in [1.54, 1.807) is 50.4 Å². The maximum Gasteiger partial charge on any atom is 0.326 e. The van der Waals surface area contributed by atoms with Crippen LogP contribution in [0.2, 0.25) is 0 Å². The van der Waals surface area contributed by atoms with E-state index in [-0.39, 0.29) is 23.2 Å². The number of hydrogen-bond donors (Lipinski definition) is 5. The third-order valence-corrected chi connectivity index (χ3v) is 7.36. The zero-order valence-corrected chi connectivity index (χ0v) is 24.3. The molecule has 2 amide bonds. The number of fused-ring (bicyclic) bond motifs is 2. The van der Waals surface area contributed by atoms with Crippen LogP contribution in [0.4, 0.5) is 0 Å². The molecule has 0 spiro atoms. The maximum absolute atomic E-state index is 12.5. The van der Waals surface area contributed by atoms with Crippen LogP contribution in [-0.2, 0) is 24.4 Å². The van der Waals surface area contributed by atoms with Crippen molar-refractivity contribution in [1.82, 2.24) is 29.3 Å². The molecule has 44 heavy (non-hydrogen) atoms. The molecule has 1 saturated heterocycles. The van der Waals surface area contributed by atoms with E-state index < -0.39 is 0 Å². The van der Waals surface area contributed by atoms with E-state index >= 15 is 0 Å². The highest BCUT2D eigenvalue weighted by molar-refractivity contribution is 5.98. The van der Waals surface area contributed by atoms with Crippen molar-refractivity contribution in [2.75, 3.05) is 39.4 Å². The van der Waals surface area contributed by atoms with Crippen molar-refractivity contribution >= 4 is 33.9 Å². The van der Waals surface area contributed by atoms with Crippen LogP contribution in [-0.4, -0.2) is 75.2 Å². The van der Waals surface area contributed by atoms with E-state index in [2.05, 4.69) is 15.3 Å². The third-order valence-electron chi connectivity index (χ3n) is 7.36.